The van der Waals surface area contributed by atoms with Crippen LogP contribution in [0, 0.1) is 0 Å². The van der Waals surface area contributed by atoms with E-state index in [-0.39, 0.29) is 0 Å². The van der Waals surface area contributed by atoms with Crippen molar-refractivity contribution in [1.29, 1.82) is 0 Å². The molecule has 0 fully saturated rings. The number of ether oxygens (including phenoxy) is 1. The number of nitrogens with one attached hydrogen (secondary N) is 1. The molecule has 0 saturated carbocycles. The summed E-state index contributed by atoms with van der Waals surface area (Å²) in [5.41, 5.74) is 2.51. The maximum atomic E-state index is 5.66. The third-order valence-corrected chi connectivity index (χ3v) is 3.38. The summed E-state index contributed by atoms with van der Waals surface area (Å²) >= 11 is 0. The standard InChI is InChI=1S/C15H17NO2/c1-2-4-15-14(3-1)13(6-8-18-15)10-16-9-12-5-7-17-11-12/h1-5,7,11,13,16H,6,8-10H2. The van der Waals surface area contributed by atoms with Crippen molar-refractivity contribution in [1.82, 2.24) is 5.32 Å². The third-order valence-electron chi connectivity index (χ3n) is 3.38. The fourth-order valence-electron chi connectivity index (χ4n) is 2.41. The van der Waals surface area contributed by atoms with Gasteiger partial charge < -0.3 is 14.5 Å². The zero-order chi connectivity index (χ0) is 12.2. The molecule has 3 heteroatoms. The van der Waals surface area contributed by atoms with Gasteiger partial charge in [-0.15, -0.1) is 0 Å². The molecule has 94 valence electrons. The summed E-state index contributed by atoms with van der Waals surface area (Å²) < 4.78 is 10.7. The summed E-state index contributed by atoms with van der Waals surface area (Å²) in [6.45, 7) is 2.65. The smallest absolute Gasteiger partial charge is 0.122 e. The first-order valence-electron chi connectivity index (χ1n) is 6.37. The highest BCUT2D eigenvalue weighted by molar-refractivity contribution is 5.37. The Morgan fingerprint density at radius 2 is 2.17 bits per heavy atom. The summed E-state index contributed by atoms with van der Waals surface area (Å²) in [5.74, 6) is 1.58. The van der Waals surface area contributed by atoms with Crippen LogP contribution in [0.5, 0.6) is 5.75 Å². The van der Waals surface area contributed by atoms with Gasteiger partial charge in [0, 0.05) is 24.6 Å². The van der Waals surface area contributed by atoms with Gasteiger partial charge in [-0.3, -0.25) is 0 Å². The van der Waals surface area contributed by atoms with Crippen LogP contribution in [-0.4, -0.2) is 13.2 Å². The van der Waals surface area contributed by atoms with Crippen LogP contribution in [0.4, 0.5) is 0 Å². The molecular formula is C15H17NO2. The Bertz CT molecular complexity index is 493. The number of fused-ring (bicyclic) bond motifs is 1. The van der Waals surface area contributed by atoms with Crippen LogP contribution in [0.15, 0.2) is 47.3 Å². The maximum Gasteiger partial charge on any atom is 0.122 e. The summed E-state index contributed by atoms with van der Waals surface area (Å²) in [7, 11) is 0. The first-order chi connectivity index (χ1) is 8.93. The molecular weight excluding hydrogens is 226 g/mol. The van der Waals surface area contributed by atoms with E-state index in [1.807, 2.05) is 12.1 Å². The van der Waals surface area contributed by atoms with E-state index in [0.717, 1.165) is 31.9 Å². The highest BCUT2D eigenvalue weighted by atomic mass is 16.5. The van der Waals surface area contributed by atoms with Crippen molar-refractivity contribution in [2.45, 2.75) is 18.9 Å². The maximum absolute atomic E-state index is 5.66. The van der Waals surface area contributed by atoms with Gasteiger partial charge in [0.25, 0.3) is 0 Å². The van der Waals surface area contributed by atoms with Crippen molar-refractivity contribution < 1.29 is 9.15 Å². The molecule has 1 N–H and O–H groups in total. The van der Waals surface area contributed by atoms with Gasteiger partial charge in [0.2, 0.25) is 0 Å². The number of benzene rings is 1. The summed E-state index contributed by atoms with van der Waals surface area (Å²) in [6, 6.07) is 10.3. The van der Waals surface area contributed by atoms with Crippen molar-refractivity contribution in [3.63, 3.8) is 0 Å². The molecule has 0 saturated heterocycles. The van der Waals surface area contributed by atoms with Gasteiger partial charge in [-0.25, -0.2) is 0 Å². The van der Waals surface area contributed by atoms with E-state index in [0.29, 0.717) is 5.92 Å². The van der Waals surface area contributed by atoms with E-state index in [1.54, 1.807) is 12.5 Å². The van der Waals surface area contributed by atoms with E-state index in [2.05, 4.69) is 23.5 Å². The number of rotatable bonds is 4. The Kier molecular flexibility index (Phi) is 3.33. The lowest BCUT2D eigenvalue weighted by Gasteiger charge is -2.26. The molecule has 1 aromatic carbocycles. The highest BCUT2D eigenvalue weighted by Gasteiger charge is 2.20. The molecule has 1 atom stereocenters. The quantitative estimate of drug-likeness (QED) is 0.896. The normalized spacial score (nSPS) is 18.1. The molecule has 1 aliphatic rings. The molecule has 0 aliphatic carbocycles. The fraction of sp³-hybridized carbons (Fsp3) is 0.333. The van der Waals surface area contributed by atoms with E-state index in [1.165, 1.54) is 11.1 Å². The second kappa shape index (κ2) is 5.27. The lowest BCUT2D eigenvalue weighted by Crippen LogP contribution is -2.25. The first-order valence-corrected chi connectivity index (χ1v) is 6.37. The fourth-order valence-corrected chi connectivity index (χ4v) is 2.41. The Hall–Kier alpha value is -1.74. The van der Waals surface area contributed by atoms with Crippen molar-refractivity contribution in [2.75, 3.05) is 13.2 Å². The van der Waals surface area contributed by atoms with Gasteiger partial charge in [0.05, 0.1) is 19.1 Å². The van der Waals surface area contributed by atoms with Crippen LogP contribution in [-0.2, 0) is 6.54 Å². The summed E-state index contributed by atoms with van der Waals surface area (Å²) in [6.07, 6.45) is 4.57. The minimum Gasteiger partial charge on any atom is -0.493 e. The average Bonchev–Trinajstić information content (AvgIpc) is 2.92. The second-order valence-electron chi connectivity index (χ2n) is 4.63. The number of hydrogen-bond acceptors (Lipinski definition) is 3. The molecule has 0 radical (unpaired) electrons. The van der Waals surface area contributed by atoms with Gasteiger partial charge in [-0.1, -0.05) is 18.2 Å². The van der Waals surface area contributed by atoms with Crippen LogP contribution in [0.3, 0.4) is 0 Å². The van der Waals surface area contributed by atoms with E-state index in [9.17, 15) is 0 Å². The van der Waals surface area contributed by atoms with Crippen LogP contribution < -0.4 is 10.1 Å². The van der Waals surface area contributed by atoms with Crippen LogP contribution in [0.25, 0.3) is 0 Å². The van der Waals surface area contributed by atoms with Crippen molar-refractivity contribution in [3.8, 4) is 5.75 Å². The Morgan fingerprint density at radius 1 is 1.22 bits per heavy atom. The van der Waals surface area contributed by atoms with Gasteiger partial charge in [0.1, 0.15) is 5.75 Å². The van der Waals surface area contributed by atoms with Crippen LogP contribution in [0.1, 0.15) is 23.5 Å². The van der Waals surface area contributed by atoms with Gasteiger partial charge in [-0.2, -0.15) is 0 Å². The molecule has 0 spiro atoms. The van der Waals surface area contributed by atoms with Gasteiger partial charge in [-0.05, 0) is 24.1 Å². The van der Waals surface area contributed by atoms with Crippen LogP contribution in [0.2, 0.25) is 0 Å². The number of hydrogen-bond donors (Lipinski definition) is 1. The summed E-state index contributed by atoms with van der Waals surface area (Å²) in [4.78, 5) is 0. The molecule has 1 aromatic heterocycles. The van der Waals surface area contributed by atoms with Gasteiger partial charge in [0.15, 0.2) is 0 Å². The largest absolute Gasteiger partial charge is 0.493 e. The minimum absolute atomic E-state index is 0.543. The zero-order valence-corrected chi connectivity index (χ0v) is 10.3. The van der Waals surface area contributed by atoms with E-state index in [4.69, 9.17) is 9.15 Å². The molecule has 18 heavy (non-hydrogen) atoms. The summed E-state index contributed by atoms with van der Waals surface area (Å²) in [5, 5.41) is 3.48. The zero-order valence-electron chi connectivity index (χ0n) is 10.3. The Labute approximate surface area is 107 Å². The number of para-hydroxylation sites is 1. The minimum atomic E-state index is 0.543. The first kappa shape index (κ1) is 11.4. The Morgan fingerprint density at radius 3 is 3.06 bits per heavy atom. The van der Waals surface area contributed by atoms with Crippen molar-refractivity contribution in [3.05, 3.63) is 54.0 Å². The lowest BCUT2D eigenvalue weighted by atomic mass is 9.93. The topological polar surface area (TPSA) is 34.4 Å². The molecule has 3 nitrogen and oxygen atoms in total. The third kappa shape index (κ3) is 2.41. The average molecular weight is 243 g/mol. The molecule has 3 rings (SSSR count). The molecule has 2 aromatic rings. The SMILES string of the molecule is c1ccc2c(c1)OCCC2CNCc1ccoc1. The predicted octanol–water partition coefficient (Wildman–Crippen LogP) is 2.94. The van der Waals surface area contributed by atoms with E-state index < -0.39 is 0 Å². The van der Waals surface area contributed by atoms with Crippen molar-refractivity contribution in [2.24, 2.45) is 0 Å². The van der Waals surface area contributed by atoms with Gasteiger partial charge >= 0.3 is 0 Å². The monoisotopic (exact) mass is 243 g/mol. The van der Waals surface area contributed by atoms with Crippen molar-refractivity contribution >= 4 is 0 Å². The number of furan rings is 1. The predicted molar refractivity (Wildman–Crippen MR) is 69.7 cm³/mol. The second-order valence-corrected chi connectivity index (χ2v) is 4.63. The molecule has 0 amide bonds. The molecule has 1 aliphatic heterocycles. The lowest BCUT2D eigenvalue weighted by molar-refractivity contribution is 0.264. The Balaban J connectivity index is 1.60. The molecule has 0 bridgehead atoms. The molecule has 1 unspecified atom stereocenters. The highest BCUT2D eigenvalue weighted by Crippen LogP contribution is 2.32. The van der Waals surface area contributed by atoms with Crippen LogP contribution >= 0.6 is 0 Å². The molecule has 2 heterocycles. The van der Waals surface area contributed by atoms with E-state index >= 15 is 0 Å².